The lowest BCUT2D eigenvalue weighted by Gasteiger charge is -2.06. The molecule has 0 atom stereocenters. The highest BCUT2D eigenvalue weighted by Crippen LogP contribution is 2.24. The molecule has 4 nitrogen and oxygen atoms in total. The number of hydrogen-bond donors (Lipinski definition) is 0. The molecule has 3 aromatic rings. The fraction of sp³-hybridized carbons (Fsp3) is 0.0625. The molecule has 5 heteroatoms. The molecular weight excluding hydrogens is 286 g/mol. The van der Waals surface area contributed by atoms with Crippen LogP contribution in [0, 0.1) is 11.3 Å². The monoisotopic (exact) mass is 295 g/mol. The Balaban J connectivity index is 2.09. The summed E-state index contributed by atoms with van der Waals surface area (Å²) >= 11 is 6.04. The number of nitriles is 1. The van der Waals surface area contributed by atoms with Crippen LogP contribution in [0.15, 0.2) is 42.7 Å². The predicted molar refractivity (Wildman–Crippen MR) is 80.4 cm³/mol. The van der Waals surface area contributed by atoms with Gasteiger partial charge >= 0.3 is 0 Å². The average molecular weight is 296 g/mol. The van der Waals surface area contributed by atoms with E-state index >= 15 is 0 Å². The molecule has 0 aliphatic carbocycles. The van der Waals surface area contributed by atoms with Gasteiger partial charge in [-0.05, 0) is 29.8 Å². The van der Waals surface area contributed by atoms with Crippen molar-refractivity contribution in [1.29, 1.82) is 5.26 Å². The van der Waals surface area contributed by atoms with Gasteiger partial charge in [0, 0.05) is 34.9 Å². The van der Waals surface area contributed by atoms with Gasteiger partial charge in [-0.2, -0.15) is 5.26 Å². The van der Waals surface area contributed by atoms with E-state index in [-0.39, 0.29) is 0 Å². The lowest BCUT2D eigenvalue weighted by Crippen LogP contribution is -1.99. The largest absolute Gasteiger partial charge is 0.342 e. The summed E-state index contributed by atoms with van der Waals surface area (Å²) in [6, 6.07) is 11.0. The Bertz CT molecular complexity index is 877. The van der Waals surface area contributed by atoms with Gasteiger partial charge in [0.1, 0.15) is 11.8 Å². The second-order valence-corrected chi connectivity index (χ2v) is 5.09. The van der Waals surface area contributed by atoms with Crippen LogP contribution in [0.3, 0.4) is 0 Å². The molecule has 0 amide bonds. The summed E-state index contributed by atoms with van der Waals surface area (Å²) in [5, 5.41) is 10.4. The molecule has 0 bridgehead atoms. The van der Waals surface area contributed by atoms with Crippen molar-refractivity contribution in [3.05, 3.63) is 64.6 Å². The van der Waals surface area contributed by atoms with Crippen molar-refractivity contribution in [3.63, 3.8) is 0 Å². The highest BCUT2D eigenvalue weighted by atomic mass is 35.5. The maximum atomic E-state index is 11.2. The molecule has 2 heterocycles. The van der Waals surface area contributed by atoms with Crippen LogP contribution in [-0.2, 0) is 6.54 Å². The third kappa shape index (κ3) is 2.51. The second kappa shape index (κ2) is 5.39. The molecule has 0 aliphatic heterocycles. The van der Waals surface area contributed by atoms with Crippen molar-refractivity contribution in [2.24, 2.45) is 0 Å². The van der Waals surface area contributed by atoms with Crippen LogP contribution in [0.2, 0.25) is 5.02 Å². The summed E-state index contributed by atoms with van der Waals surface area (Å²) in [5.74, 6) is 0. The zero-order valence-electron chi connectivity index (χ0n) is 11.0. The Morgan fingerprint density at radius 2 is 2.19 bits per heavy atom. The number of aromatic nitrogens is 2. The summed E-state index contributed by atoms with van der Waals surface area (Å²) in [6.07, 6.45) is 4.23. The van der Waals surface area contributed by atoms with Gasteiger partial charge in [0.2, 0.25) is 0 Å². The number of rotatable bonds is 3. The van der Waals surface area contributed by atoms with Crippen LogP contribution in [-0.4, -0.2) is 15.8 Å². The summed E-state index contributed by atoms with van der Waals surface area (Å²) in [5.41, 5.74) is 2.82. The first-order chi connectivity index (χ1) is 10.2. The number of nitrogens with zero attached hydrogens (tertiary/aromatic N) is 3. The van der Waals surface area contributed by atoms with Gasteiger partial charge in [-0.15, -0.1) is 0 Å². The van der Waals surface area contributed by atoms with Gasteiger partial charge in [0.15, 0.2) is 6.29 Å². The minimum absolute atomic E-state index is 0.373. The maximum absolute atomic E-state index is 11.2. The van der Waals surface area contributed by atoms with Crippen molar-refractivity contribution in [2.45, 2.75) is 6.54 Å². The van der Waals surface area contributed by atoms with Crippen LogP contribution < -0.4 is 0 Å². The zero-order chi connectivity index (χ0) is 14.8. The maximum Gasteiger partial charge on any atom is 0.152 e. The number of aldehydes is 1. The molecule has 21 heavy (non-hydrogen) atoms. The lowest BCUT2D eigenvalue weighted by atomic mass is 10.2. The summed E-state index contributed by atoms with van der Waals surface area (Å²) in [7, 11) is 0. The van der Waals surface area contributed by atoms with Crippen LogP contribution in [0.25, 0.3) is 10.9 Å². The average Bonchev–Trinajstić information content (AvgIpc) is 2.84. The van der Waals surface area contributed by atoms with E-state index in [9.17, 15) is 4.79 Å². The van der Waals surface area contributed by atoms with Crippen molar-refractivity contribution < 1.29 is 4.79 Å². The normalized spacial score (nSPS) is 10.5. The third-order valence-electron chi connectivity index (χ3n) is 3.29. The fourth-order valence-electron chi connectivity index (χ4n) is 2.35. The molecule has 2 aromatic heterocycles. The molecule has 0 saturated carbocycles. The van der Waals surface area contributed by atoms with E-state index in [1.165, 1.54) is 0 Å². The second-order valence-electron chi connectivity index (χ2n) is 4.65. The number of benzene rings is 1. The first kappa shape index (κ1) is 13.3. The molecule has 0 aliphatic rings. The molecule has 1 aromatic carbocycles. The van der Waals surface area contributed by atoms with Crippen molar-refractivity contribution >= 4 is 28.8 Å². The smallest absolute Gasteiger partial charge is 0.152 e. The van der Waals surface area contributed by atoms with E-state index in [1.807, 2.05) is 28.8 Å². The van der Waals surface area contributed by atoms with Gasteiger partial charge in [-0.3, -0.25) is 4.79 Å². The minimum atomic E-state index is 0.373. The van der Waals surface area contributed by atoms with Gasteiger partial charge in [0.25, 0.3) is 0 Å². The Labute approximate surface area is 126 Å². The number of pyridine rings is 1. The standard InChI is InChI=1S/C16H10ClN3O/c17-13-1-2-15-12(10-21)9-20(16(15)6-13)8-11-3-4-19-14(5-11)7-18/h1-6,9-10H,8H2. The van der Waals surface area contributed by atoms with Crippen molar-refractivity contribution in [3.8, 4) is 6.07 Å². The number of carbonyl (C=O) groups is 1. The van der Waals surface area contributed by atoms with Crippen LogP contribution in [0.5, 0.6) is 0 Å². The first-order valence-corrected chi connectivity index (χ1v) is 6.67. The molecule has 102 valence electrons. The Kier molecular flexibility index (Phi) is 3.43. The fourth-order valence-corrected chi connectivity index (χ4v) is 2.52. The Hall–Kier alpha value is -2.64. The van der Waals surface area contributed by atoms with Crippen LogP contribution >= 0.6 is 11.6 Å². The Morgan fingerprint density at radius 3 is 2.95 bits per heavy atom. The van der Waals surface area contributed by atoms with Crippen molar-refractivity contribution in [2.75, 3.05) is 0 Å². The van der Waals surface area contributed by atoms with E-state index < -0.39 is 0 Å². The number of carbonyl (C=O) groups excluding carboxylic acids is 1. The summed E-state index contributed by atoms with van der Waals surface area (Å²) < 4.78 is 1.95. The number of halogens is 1. The Morgan fingerprint density at radius 1 is 1.33 bits per heavy atom. The van der Waals surface area contributed by atoms with E-state index in [0.29, 0.717) is 22.8 Å². The van der Waals surface area contributed by atoms with Gasteiger partial charge in [0.05, 0.1) is 5.52 Å². The van der Waals surface area contributed by atoms with Crippen LogP contribution in [0.4, 0.5) is 0 Å². The number of hydrogen-bond acceptors (Lipinski definition) is 3. The van der Waals surface area contributed by atoms with Gasteiger partial charge in [-0.25, -0.2) is 4.98 Å². The highest BCUT2D eigenvalue weighted by molar-refractivity contribution is 6.31. The topological polar surface area (TPSA) is 58.7 Å². The molecule has 0 radical (unpaired) electrons. The summed E-state index contributed by atoms with van der Waals surface area (Å²) in [6.45, 7) is 0.544. The molecule has 0 saturated heterocycles. The quantitative estimate of drug-likeness (QED) is 0.696. The molecular formula is C16H10ClN3O. The number of fused-ring (bicyclic) bond motifs is 1. The van der Waals surface area contributed by atoms with E-state index in [0.717, 1.165) is 22.8 Å². The zero-order valence-corrected chi connectivity index (χ0v) is 11.7. The minimum Gasteiger partial charge on any atom is -0.342 e. The van der Waals surface area contributed by atoms with Crippen LogP contribution in [0.1, 0.15) is 21.6 Å². The molecule has 0 unspecified atom stereocenters. The van der Waals surface area contributed by atoms with Crippen molar-refractivity contribution in [1.82, 2.24) is 9.55 Å². The van der Waals surface area contributed by atoms with Gasteiger partial charge < -0.3 is 4.57 Å². The van der Waals surface area contributed by atoms with E-state index in [4.69, 9.17) is 16.9 Å². The van der Waals surface area contributed by atoms with E-state index in [1.54, 1.807) is 24.5 Å². The first-order valence-electron chi connectivity index (χ1n) is 6.30. The third-order valence-corrected chi connectivity index (χ3v) is 3.53. The molecule has 0 fully saturated rings. The van der Waals surface area contributed by atoms with Gasteiger partial charge in [-0.1, -0.05) is 17.7 Å². The lowest BCUT2D eigenvalue weighted by molar-refractivity contribution is 0.112. The predicted octanol–water partition coefficient (Wildman–Crippen LogP) is 3.42. The molecule has 3 rings (SSSR count). The molecule has 0 spiro atoms. The SMILES string of the molecule is N#Cc1cc(Cn2cc(C=O)c3ccc(Cl)cc32)ccn1. The summed E-state index contributed by atoms with van der Waals surface area (Å²) in [4.78, 5) is 15.1. The van der Waals surface area contributed by atoms with E-state index in [2.05, 4.69) is 4.98 Å². The molecule has 0 N–H and O–H groups in total. The highest BCUT2D eigenvalue weighted by Gasteiger charge is 2.09.